The second-order valence-corrected chi connectivity index (χ2v) is 8.87. The van der Waals surface area contributed by atoms with Gasteiger partial charge in [0, 0.05) is 17.1 Å². The van der Waals surface area contributed by atoms with E-state index in [0.717, 1.165) is 37.0 Å². The Balaban J connectivity index is 1.61. The molecule has 1 aliphatic rings. The molecule has 0 spiro atoms. The molecule has 6 nitrogen and oxygen atoms in total. The number of rotatable bonds is 6. The number of anilines is 2. The average Bonchev–Trinajstić information content (AvgIpc) is 3.19. The number of nitriles is 1. The number of nitrogens with one attached hydrogen (secondary N) is 2. The largest absolute Gasteiger partial charge is 0.495 e. The topological polar surface area (TPSA) is 65.2 Å². The molecule has 1 saturated heterocycles. The number of methoxy groups -OCH3 is 1. The van der Waals surface area contributed by atoms with E-state index in [1.165, 1.54) is 11.7 Å². The summed E-state index contributed by atoms with van der Waals surface area (Å²) >= 11 is 0. The maximum absolute atomic E-state index is 13.5. The van der Waals surface area contributed by atoms with Crippen LogP contribution in [0, 0.1) is 23.2 Å². The van der Waals surface area contributed by atoms with Gasteiger partial charge in [-0.15, -0.1) is 0 Å². The van der Waals surface area contributed by atoms with Crippen molar-refractivity contribution in [1.82, 2.24) is 9.47 Å². The summed E-state index contributed by atoms with van der Waals surface area (Å²) < 4.78 is 46.9. The van der Waals surface area contributed by atoms with Crippen LogP contribution in [0.4, 0.5) is 24.5 Å². The van der Waals surface area contributed by atoms with Crippen LogP contribution in [0.1, 0.15) is 24.1 Å². The molecule has 3 aromatic rings. The molecule has 0 aliphatic carbocycles. The molecule has 0 saturated carbocycles. The fourth-order valence-corrected chi connectivity index (χ4v) is 4.43. The van der Waals surface area contributed by atoms with Crippen molar-refractivity contribution in [3.05, 3.63) is 53.7 Å². The van der Waals surface area contributed by atoms with Gasteiger partial charge >= 0.3 is 6.18 Å². The zero-order valence-corrected chi connectivity index (χ0v) is 20.2. The highest BCUT2D eigenvalue weighted by Crippen LogP contribution is 2.31. The van der Waals surface area contributed by atoms with Crippen LogP contribution in [0.15, 0.2) is 42.5 Å². The third kappa shape index (κ3) is 6.05. The number of benzene rings is 2. The highest BCUT2D eigenvalue weighted by Gasteiger charge is 2.30. The molecule has 0 unspecified atom stereocenters. The van der Waals surface area contributed by atoms with Gasteiger partial charge in [0.1, 0.15) is 12.3 Å². The van der Waals surface area contributed by atoms with E-state index in [0.29, 0.717) is 28.2 Å². The predicted molar refractivity (Wildman–Crippen MR) is 135 cm³/mol. The van der Waals surface area contributed by atoms with Crippen molar-refractivity contribution < 1.29 is 17.9 Å². The standard InChI is InChI=1S/C27H28F3N5O/c1-34-13-10-20(11-14-34)33-23-6-3-7-25-22(23)16-21(35(25)18-27(28,29)30)5-4-12-32-24-15-19(17-31)8-9-26(24)36-2/h3,6-9,15-16,20,32-33H,10-14,18H2,1-2H3. The fraction of sp³-hybridized carbons (Fsp3) is 0.370. The zero-order valence-electron chi connectivity index (χ0n) is 20.2. The highest BCUT2D eigenvalue weighted by atomic mass is 19.4. The van der Waals surface area contributed by atoms with Crippen molar-refractivity contribution in [3.8, 4) is 23.7 Å². The van der Waals surface area contributed by atoms with E-state index in [2.05, 4.69) is 40.5 Å². The number of likely N-dealkylation sites (tertiary alicyclic amines) is 1. The summed E-state index contributed by atoms with van der Waals surface area (Å²) in [4.78, 5) is 2.27. The Morgan fingerprint density at radius 3 is 2.58 bits per heavy atom. The molecule has 1 aliphatic heterocycles. The van der Waals surface area contributed by atoms with Gasteiger partial charge in [-0.25, -0.2) is 0 Å². The summed E-state index contributed by atoms with van der Waals surface area (Å²) in [5.74, 6) is 6.37. The molecule has 0 radical (unpaired) electrons. The molecule has 188 valence electrons. The second-order valence-electron chi connectivity index (χ2n) is 8.87. The van der Waals surface area contributed by atoms with Crippen molar-refractivity contribution in [2.24, 2.45) is 0 Å². The van der Waals surface area contributed by atoms with Crippen LogP contribution in [0.3, 0.4) is 0 Å². The maximum atomic E-state index is 13.5. The summed E-state index contributed by atoms with van der Waals surface area (Å²) in [7, 11) is 3.61. The number of aromatic nitrogens is 1. The molecule has 1 fully saturated rings. The smallest absolute Gasteiger partial charge is 0.406 e. The minimum Gasteiger partial charge on any atom is -0.495 e. The van der Waals surface area contributed by atoms with E-state index in [1.54, 1.807) is 36.4 Å². The number of piperidine rings is 1. The van der Waals surface area contributed by atoms with E-state index in [4.69, 9.17) is 10.00 Å². The van der Waals surface area contributed by atoms with Crippen LogP contribution in [-0.4, -0.2) is 55.5 Å². The first-order valence-electron chi connectivity index (χ1n) is 11.7. The maximum Gasteiger partial charge on any atom is 0.406 e. The summed E-state index contributed by atoms with van der Waals surface area (Å²) in [6.45, 7) is 1.01. The number of halogens is 3. The molecule has 36 heavy (non-hydrogen) atoms. The van der Waals surface area contributed by atoms with Gasteiger partial charge < -0.3 is 24.8 Å². The minimum absolute atomic E-state index is 0.166. The average molecular weight is 496 g/mol. The Labute approximate surface area is 208 Å². The minimum atomic E-state index is -4.39. The van der Waals surface area contributed by atoms with Gasteiger partial charge in [0.05, 0.1) is 42.2 Å². The van der Waals surface area contributed by atoms with Gasteiger partial charge in [0.15, 0.2) is 0 Å². The van der Waals surface area contributed by atoms with Crippen molar-refractivity contribution in [2.45, 2.75) is 31.6 Å². The van der Waals surface area contributed by atoms with Gasteiger partial charge in [-0.3, -0.25) is 0 Å². The van der Waals surface area contributed by atoms with E-state index in [1.807, 2.05) is 6.07 Å². The number of fused-ring (bicyclic) bond motifs is 1. The molecular formula is C27H28F3N5O. The van der Waals surface area contributed by atoms with Gasteiger partial charge in [-0.05, 0) is 75.3 Å². The molecule has 1 aromatic heterocycles. The van der Waals surface area contributed by atoms with Crippen LogP contribution in [-0.2, 0) is 6.54 Å². The third-order valence-corrected chi connectivity index (χ3v) is 6.27. The molecule has 2 aromatic carbocycles. The Morgan fingerprint density at radius 2 is 1.89 bits per heavy atom. The Bertz CT molecular complexity index is 1320. The van der Waals surface area contributed by atoms with Gasteiger partial charge in [0.25, 0.3) is 0 Å². The lowest BCUT2D eigenvalue weighted by Crippen LogP contribution is -2.36. The van der Waals surface area contributed by atoms with Gasteiger partial charge in [-0.2, -0.15) is 18.4 Å². The Kier molecular flexibility index (Phi) is 7.61. The summed E-state index contributed by atoms with van der Waals surface area (Å²) in [5, 5.41) is 16.5. The third-order valence-electron chi connectivity index (χ3n) is 6.27. The van der Waals surface area contributed by atoms with Crippen molar-refractivity contribution in [1.29, 1.82) is 5.26 Å². The van der Waals surface area contributed by atoms with Crippen molar-refractivity contribution in [2.75, 3.05) is 44.4 Å². The number of hydrogen-bond acceptors (Lipinski definition) is 5. The highest BCUT2D eigenvalue weighted by molar-refractivity contribution is 5.94. The van der Waals surface area contributed by atoms with E-state index < -0.39 is 12.7 Å². The monoisotopic (exact) mass is 495 g/mol. The second kappa shape index (κ2) is 10.8. The first-order chi connectivity index (χ1) is 17.3. The first kappa shape index (κ1) is 25.3. The molecule has 9 heteroatoms. The molecule has 2 N–H and O–H groups in total. The van der Waals surface area contributed by atoms with Gasteiger partial charge in [-0.1, -0.05) is 12.0 Å². The van der Waals surface area contributed by atoms with E-state index >= 15 is 0 Å². The lowest BCUT2D eigenvalue weighted by molar-refractivity contribution is -0.140. The van der Waals surface area contributed by atoms with Crippen LogP contribution in [0.2, 0.25) is 0 Å². The normalized spacial score (nSPS) is 14.7. The first-order valence-corrected chi connectivity index (χ1v) is 11.7. The van der Waals surface area contributed by atoms with Crippen molar-refractivity contribution in [3.63, 3.8) is 0 Å². The summed E-state index contributed by atoms with van der Waals surface area (Å²) in [6, 6.07) is 14.4. The van der Waals surface area contributed by atoms with E-state index in [9.17, 15) is 13.2 Å². The molecule has 0 amide bonds. The van der Waals surface area contributed by atoms with Crippen LogP contribution in [0.5, 0.6) is 5.75 Å². The number of hydrogen-bond donors (Lipinski definition) is 2. The zero-order chi connectivity index (χ0) is 25.7. The number of nitrogens with zero attached hydrogens (tertiary/aromatic N) is 3. The lowest BCUT2D eigenvalue weighted by atomic mass is 10.0. The predicted octanol–water partition coefficient (Wildman–Crippen LogP) is 5.05. The number of alkyl halides is 3. The van der Waals surface area contributed by atoms with Crippen LogP contribution >= 0.6 is 0 Å². The number of ether oxygens (including phenoxy) is 1. The van der Waals surface area contributed by atoms with E-state index in [-0.39, 0.29) is 12.6 Å². The molecule has 4 rings (SSSR count). The molecule has 0 bridgehead atoms. The summed E-state index contributed by atoms with van der Waals surface area (Å²) in [6.07, 6.45) is -2.43. The van der Waals surface area contributed by atoms with Crippen LogP contribution in [0.25, 0.3) is 10.9 Å². The summed E-state index contributed by atoms with van der Waals surface area (Å²) in [5.41, 5.74) is 2.65. The van der Waals surface area contributed by atoms with Gasteiger partial charge in [0.2, 0.25) is 0 Å². The Morgan fingerprint density at radius 1 is 1.11 bits per heavy atom. The quantitative estimate of drug-likeness (QED) is 0.469. The van der Waals surface area contributed by atoms with Crippen LogP contribution < -0.4 is 15.4 Å². The van der Waals surface area contributed by atoms with Crippen molar-refractivity contribution >= 4 is 22.3 Å². The molecule has 2 heterocycles. The lowest BCUT2D eigenvalue weighted by Gasteiger charge is -2.30. The Hall–Kier alpha value is -3.82. The molecule has 0 atom stereocenters. The SMILES string of the molecule is COc1ccc(C#N)cc1NCC#Cc1cc2c(NC3CCN(C)CC3)cccc2n1CC(F)(F)F. The molecular weight excluding hydrogens is 467 g/mol. The fourth-order valence-electron chi connectivity index (χ4n) is 4.43.